The predicted octanol–water partition coefficient (Wildman–Crippen LogP) is 2.00. The van der Waals surface area contributed by atoms with Crippen LogP contribution in [0.15, 0.2) is 24.3 Å². The van der Waals surface area contributed by atoms with Crippen LogP contribution < -0.4 is 11.1 Å². The summed E-state index contributed by atoms with van der Waals surface area (Å²) >= 11 is 0. The summed E-state index contributed by atoms with van der Waals surface area (Å²) in [6.07, 6.45) is 3.74. The Balaban J connectivity index is 1.97. The quantitative estimate of drug-likeness (QED) is 0.807. The number of carbonyl (C=O) groups is 1. The van der Waals surface area contributed by atoms with Gasteiger partial charge in [0, 0.05) is 18.7 Å². The molecule has 1 saturated heterocycles. The van der Waals surface area contributed by atoms with Crippen molar-refractivity contribution in [3.63, 3.8) is 0 Å². The van der Waals surface area contributed by atoms with Gasteiger partial charge in [0.05, 0.1) is 0 Å². The molecule has 4 nitrogen and oxygen atoms in total. The highest BCUT2D eigenvalue weighted by Gasteiger charge is 2.17. The zero-order valence-corrected chi connectivity index (χ0v) is 13.0. The summed E-state index contributed by atoms with van der Waals surface area (Å²) in [5.74, 6) is 0.389. The van der Waals surface area contributed by atoms with Gasteiger partial charge in [-0.05, 0) is 62.5 Å². The number of hydrogen-bond donors (Lipinski definition) is 2. The smallest absolute Gasteiger partial charge is 0.248 e. The molecule has 0 spiro atoms. The van der Waals surface area contributed by atoms with Gasteiger partial charge in [0.2, 0.25) is 5.91 Å². The Morgan fingerprint density at radius 3 is 3.00 bits per heavy atom. The molecule has 1 aromatic rings. The van der Waals surface area contributed by atoms with Crippen LogP contribution in [0.3, 0.4) is 0 Å². The van der Waals surface area contributed by atoms with E-state index >= 15 is 0 Å². The summed E-state index contributed by atoms with van der Waals surface area (Å²) in [5, 5.41) is 3.48. The van der Waals surface area contributed by atoms with Crippen molar-refractivity contribution < 1.29 is 4.79 Å². The van der Waals surface area contributed by atoms with Gasteiger partial charge in [-0.15, -0.1) is 0 Å². The third-order valence-corrected chi connectivity index (χ3v) is 4.07. The molecule has 3 N–H and O–H groups in total. The maximum Gasteiger partial charge on any atom is 0.248 e. The van der Waals surface area contributed by atoms with Gasteiger partial charge in [0.25, 0.3) is 0 Å². The Hall–Kier alpha value is -1.39. The zero-order valence-electron chi connectivity index (χ0n) is 13.0. The molecule has 21 heavy (non-hydrogen) atoms. The number of benzene rings is 1. The molecule has 0 aliphatic carbocycles. The summed E-state index contributed by atoms with van der Waals surface area (Å²) < 4.78 is 0. The first-order valence-corrected chi connectivity index (χ1v) is 8.01. The molecule has 2 rings (SSSR count). The van der Waals surface area contributed by atoms with E-state index in [4.69, 9.17) is 5.73 Å². The molecule has 116 valence electrons. The molecule has 1 aromatic carbocycles. The summed E-state index contributed by atoms with van der Waals surface area (Å²) in [6, 6.07) is 7.70. The highest BCUT2D eigenvalue weighted by atomic mass is 16.1. The minimum absolute atomic E-state index is 0.352. The monoisotopic (exact) mass is 289 g/mol. The first kappa shape index (κ1) is 16.0. The van der Waals surface area contributed by atoms with E-state index in [9.17, 15) is 4.79 Å². The molecule has 0 bridgehead atoms. The van der Waals surface area contributed by atoms with Gasteiger partial charge in [-0.2, -0.15) is 0 Å². The summed E-state index contributed by atoms with van der Waals surface area (Å²) in [5.41, 5.74) is 7.13. The third-order valence-electron chi connectivity index (χ3n) is 4.07. The van der Waals surface area contributed by atoms with Gasteiger partial charge < -0.3 is 11.1 Å². The van der Waals surface area contributed by atoms with E-state index < -0.39 is 0 Å². The van der Waals surface area contributed by atoms with Crippen LogP contribution in [-0.2, 0) is 6.54 Å². The van der Waals surface area contributed by atoms with E-state index in [2.05, 4.69) is 23.2 Å². The van der Waals surface area contributed by atoms with Gasteiger partial charge in [0.1, 0.15) is 0 Å². The molecule has 1 atom stereocenters. The van der Waals surface area contributed by atoms with Crippen LogP contribution in [0.2, 0.25) is 0 Å². The molecule has 1 aliphatic rings. The van der Waals surface area contributed by atoms with Crippen molar-refractivity contribution in [3.8, 4) is 0 Å². The fourth-order valence-electron chi connectivity index (χ4n) is 3.08. The second-order valence-electron chi connectivity index (χ2n) is 6.01. The topological polar surface area (TPSA) is 58.4 Å². The number of piperidine rings is 1. The van der Waals surface area contributed by atoms with E-state index in [0.29, 0.717) is 5.56 Å². The van der Waals surface area contributed by atoms with Crippen molar-refractivity contribution in [1.82, 2.24) is 10.2 Å². The molecule has 4 heteroatoms. The Bertz CT molecular complexity index is 455. The summed E-state index contributed by atoms with van der Waals surface area (Å²) in [7, 11) is 0. The lowest BCUT2D eigenvalue weighted by atomic mass is 9.98. The van der Waals surface area contributed by atoms with Gasteiger partial charge in [-0.1, -0.05) is 19.1 Å². The lowest BCUT2D eigenvalue weighted by molar-refractivity contribution is 0.1000. The standard InChI is InChI=1S/C17H27N3O/c1-2-9-20(13-15-6-4-8-19-11-15)12-14-5-3-7-16(10-14)17(18)21/h3,5,7,10,15,19H,2,4,6,8-9,11-13H2,1H3,(H2,18,21). The molecule has 0 aromatic heterocycles. The van der Waals surface area contributed by atoms with Crippen molar-refractivity contribution in [2.24, 2.45) is 11.7 Å². The lowest BCUT2D eigenvalue weighted by Gasteiger charge is -2.30. The van der Waals surface area contributed by atoms with Crippen LogP contribution in [0.1, 0.15) is 42.1 Å². The normalized spacial score (nSPS) is 18.9. The summed E-state index contributed by atoms with van der Waals surface area (Å²) in [4.78, 5) is 13.8. The van der Waals surface area contributed by atoms with Crippen molar-refractivity contribution in [3.05, 3.63) is 35.4 Å². The fraction of sp³-hybridized carbons (Fsp3) is 0.588. The maximum absolute atomic E-state index is 11.3. The molecule has 1 amide bonds. The number of nitrogens with two attached hydrogens (primary N) is 1. The fourth-order valence-corrected chi connectivity index (χ4v) is 3.08. The van der Waals surface area contributed by atoms with E-state index in [1.165, 1.54) is 18.4 Å². The average molecular weight is 289 g/mol. The van der Waals surface area contributed by atoms with E-state index in [1.54, 1.807) is 6.07 Å². The van der Waals surface area contributed by atoms with Crippen LogP contribution >= 0.6 is 0 Å². The molecule has 1 heterocycles. The Morgan fingerprint density at radius 2 is 2.33 bits per heavy atom. The molecule has 1 aliphatic heterocycles. The minimum Gasteiger partial charge on any atom is -0.366 e. The molecule has 0 radical (unpaired) electrons. The number of rotatable bonds is 7. The second-order valence-corrected chi connectivity index (χ2v) is 6.01. The van der Waals surface area contributed by atoms with Gasteiger partial charge in [-0.25, -0.2) is 0 Å². The van der Waals surface area contributed by atoms with Crippen LogP contribution in [0.4, 0.5) is 0 Å². The SMILES string of the molecule is CCCN(Cc1cccc(C(N)=O)c1)CC1CCCNC1. The van der Waals surface area contributed by atoms with Crippen LogP contribution in [0.5, 0.6) is 0 Å². The highest BCUT2D eigenvalue weighted by molar-refractivity contribution is 5.92. The molecule has 1 unspecified atom stereocenters. The van der Waals surface area contributed by atoms with E-state index in [1.807, 2.05) is 12.1 Å². The minimum atomic E-state index is -0.352. The first-order valence-electron chi connectivity index (χ1n) is 8.01. The first-order chi connectivity index (χ1) is 10.2. The van der Waals surface area contributed by atoms with Crippen molar-refractivity contribution in [2.45, 2.75) is 32.7 Å². The Labute approximate surface area is 127 Å². The number of hydrogen-bond acceptors (Lipinski definition) is 3. The average Bonchev–Trinajstić information content (AvgIpc) is 2.49. The molecule has 0 saturated carbocycles. The number of nitrogens with one attached hydrogen (secondary N) is 1. The Morgan fingerprint density at radius 1 is 1.48 bits per heavy atom. The molecular formula is C17H27N3O. The van der Waals surface area contributed by atoms with E-state index in [0.717, 1.165) is 45.1 Å². The van der Waals surface area contributed by atoms with Crippen LogP contribution in [0.25, 0.3) is 0 Å². The van der Waals surface area contributed by atoms with Crippen LogP contribution in [-0.4, -0.2) is 37.0 Å². The lowest BCUT2D eigenvalue weighted by Crippen LogP contribution is -2.38. The number of carbonyl (C=O) groups excluding carboxylic acids is 1. The van der Waals surface area contributed by atoms with E-state index in [-0.39, 0.29) is 5.91 Å². The maximum atomic E-state index is 11.3. The largest absolute Gasteiger partial charge is 0.366 e. The predicted molar refractivity (Wildman–Crippen MR) is 86.1 cm³/mol. The molecular weight excluding hydrogens is 262 g/mol. The zero-order chi connectivity index (χ0) is 15.1. The Kier molecular flexibility index (Phi) is 6.21. The van der Waals surface area contributed by atoms with Crippen LogP contribution in [0, 0.1) is 5.92 Å². The summed E-state index contributed by atoms with van der Waals surface area (Å²) in [6.45, 7) is 7.61. The number of amides is 1. The van der Waals surface area contributed by atoms with Gasteiger partial charge in [-0.3, -0.25) is 9.69 Å². The third kappa shape index (κ3) is 5.14. The van der Waals surface area contributed by atoms with Crippen molar-refractivity contribution in [2.75, 3.05) is 26.2 Å². The highest BCUT2D eigenvalue weighted by Crippen LogP contribution is 2.15. The number of primary amides is 1. The van der Waals surface area contributed by atoms with Crippen molar-refractivity contribution >= 4 is 5.91 Å². The van der Waals surface area contributed by atoms with Crippen molar-refractivity contribution in [1.29, 1.82) is 0 Å². The molecule has 1 fully saturated rings. The van der Waals surface area contributed by atoms with Gasteiger partial charge >= 0.3 is 0 Å². The second kappa shape index (κ2) is 8.15. The number of nitrogens with zero attached hydrogens (tertiary/aromatic N) is 1. The van der Waals surface area contributed by atoms with Gasteiger partial charge in [0.15, 0.2) is 0 Å².